The first-order valence-electron chi connectivity index (χ1n) is 10.2. The third-order valence-corrected chi connectivity index (χ3v) is 5.11. The molecule has 31 heavy (non-hydrogen) atoms. The molecule has 1 atom stereocenters. The van der Waals surface area contributed by atoms with Crippen molar-refractivity contribution in [2.75, 3.05) is 20.3 Å². The lowest BCUT2D eigenvalue weighted by molar-refractivity contribution is -0.0390. The van der Waals surface area contributed by atoms with Gasteiger partial charge in [-0.3, -0.25) is 4.99 Å². The number of hydrogen-bond donors (Lipinski definition) is 2. The van der Waals surface area contributed by atoms with Crippen LogP contribution >= 0.6 is 24.0 Å². The Balaban J connectivity index is 0.00000341. The second kappa shape index (κ2) is 12.9. The number of nitrogens with one attached hydrogen (secondary N) is 2. The summed E-state index contributed by atoms with van der Waals surface area (Å²) in [5.74, 6) is -0.635. The molecule has 2 aromatic carbocycles. The van der Waals surface area contributed by atoms with E-state index < -0.39 is 11.6 Å². The fourth-order valence-corrected chi connectivity index (χ4v) is 3.40. The zero-order valence-corrected chi connectivity index (χ0v) is 20.2. The third-order valence-electron chi connectivity index (χ3n) is 5.11. The number of halogens is 3. The largest absolute Gasteiger partial charge is 0.381 e. The Morgan fingerprint density at radius 2 is 1.90 bits per heavy atom. The number of nitrogens with zero attached hydrogens (tertiary/aromatic N) is 1. The standard InChI is InChI=1S/C23H29F2N3O2.HI/c1-16(21-7-6-19(24)13-22(21)25)28-23(26-2)27-14-17-4-3-5-18(12-17)15-30-20-8-10-29-11-9-20;/h3-7,12-13,16,20H,8-11,14-15H2,1-2H3,(H2,26,27,28);1H. The van der Waals surface area contributed by atoms with E-state index >= 15 is 0 Å². The van der Waals surface area contributed by atoms with Crippen LogP contribution in [-0.4, -0.2) is 32.3 Å². The quantitative estimate of drug-likeness (QED) is 0.301. The summed E-state index contributed by atoms with van der Waals surface area (Å²) < 4.78 is 38.5. The van der Waals surface area contributed by atoms with Crippen LogP contribution < -0.4 is 10.6 Å². The molecule has 3 rings (SSSR count). The van der Waals surface area contributed by atoms with Crippen LogP contribution in [0.4, 0.5) is 8.78 Å². The highest BCUT2D eigenvalue weighted by Crippen LogP contribution is 2.18. The molecule has 8 heteroatoms. The second-order valence-electron chi connectivity index (χ2n) is 7.40. The second-order valence-corrected chi connectivity index (χ2v) is 7.40. The Kier molecular flexibility index (Phi) is 10.6. The molecule has 1 saturated heterocycles. The lowest BCUT2D eigenvalue weighted by atomic mass is 10.1. The minimum atomic E-state index is -0.591. The number of aliphatic imine (C=N–C) groups is 1. The molecule has 170 valence electrons. The SMILES string of the molecule is CN=C(NCc1cccc(COC2CCOCC2)c1)NC(C)c1ccc(F)cc1F.I. The van der Waals surface area contributed by atoms with Gasteiger partial charge in [0.05, 0.1) is 18.8 Å². The Labute approximate surface area is 199 Å². The first-order chi connectivity index (χ1) is 14.5. The maximum atomic E-state index is 14.0. The smallest absolute Gasteiger partial charge is 0.191 e. The van der Waals surface area contributed by atoms with Crippen molar-refractivity contribution in [3.63, 3.8) is 0 Å². The van der Waals surface area contributed by atoms with Crippen molar-refractivity contribution in [2.45, 2.75) is 45.1 Å². The third kappa shape index (κ3) is 8.01. The van der Waals surface area contributed by atoms with E-state index in [9.17, 15) is 8.78 Å². The summed E-state index contributed by atoms with van der Waals surface area (Å²) >= 11 is 0. The predicted octanol–water partition coefficient (Wildman–Crippen LogP) is 4.70. The van der Waals surface area contributed by atoms with Crippen molar-refractivity contribution in [3.05, 3.63) is 70.8 Å². The van der Waals surface area contributed by atoms with Gasteiger partial charge in [-0.1, -0.05) is 30.3 Å². The Morgan fingerprint density at radius 3 is 2.61 bits per heavy atom. The molecule has 1 unspecified atom stereocenters. The molecule has 0 spiro atoms. The molecule has 1 aliphatic rings. The highest BCUT2D eigenvalue weighted by molar-refractivity contribution is 14.0. The van der Waals surface area contributed by atoms with Gasteiger partial charge >= 0.3 is 0 Å². The molecule has 1 heterocycles. The highest BCUT2D eigenvalue weighted by Gasteiger charge is 2.15. The van der Waals surface area contributed by atoms with Crippen LogP contribution in [0.3, 0.4) is 0 Å². The van der Waals surface area contributed by atoms with E-state index in [0.29, 0.717) is 24.7 Å². The molecule has 2 aromatic rings. The van der Waals surface area contributed by atoms with Crippen molar-refractivity contribution < 1.29 is 18.3 Å². The first kappa shape index (κ1) is 25.5. The van der Waals surface area contributed by atoms with Gasteiger partial charge in [0, 0.05) is 38.4 Å². The van der Waals surface area contributed by atoms with E-state index in [4.69, 9.17) is 9.47 Å². The number of guanidine groups is 1. The minimum Gasteiger partial charge on any atom is -0.381 e. The van der Waals surface area contributed by atoms with Gasteiger partial charge in [-0.2, -0.15) is 0 Å². The van der Waals surface area contributed by atoms with Crippen LogP contribution in [0.5, 0.6) is 0 Å². The van der Waals surface area contributed by atoms with E-state index in [-0.39, 0.29) is 36.1 Å². The van der Waals surface area contributed by atoms with Gasteiger partial charge < -0.3 is 20.1 Å². The summed E-state index contributed by atoms with van der Waals surface area (Å²) in [5.41, 5.74) is 2.59. The van der Waals surface area contributed by atoms with Crippen LogP contribution in [0.15, 0.2) is 47.5 Å². The average molecular weight is 545 g/mol. The van der Waals surface area contributed by atoms with E-state index in [1.807, 2.05) is 12.1 Å². The molecule has 0 bridgehead atoms. The zero-order chi connectivity index (χ0) is 21.3. The molecule has 2 N–H and O–H groups in total. The van der Waals surface area contributed by atoms with Crippen LogP contribution in [0.25, 0.3) is 0 Å². The highest BCUT2D eigenvalue weighted by atomic mass is 127. The van der Waals surface area contributed by atoms with Gasteiger partial charge in [-0.15, -0.1) is 24.0 Å². The molecule has 0 amide bonds. The number of hydrogen-bond acceptors (Lipinski definition) is 3. The summed E-state index contributed by atoms with van der Waals surface area (Å²) in [6.45, 7) is 4.47. The van der Waals surface area contributed by atoms with Gasteiger partial charge in [0.15, 0.2) is 5.96 Å². The lowest BCUT2D eigenvalue weighted by Gasteiger charge is -2.22. The van der Waals surface area contributed by atoms with Crippen molar-refractivity contribution in [3.8, 4) is 0 Å². The lowest BCUT2D eigenvalue weighted by Crippen LogP contribution is -2.38. The monoisotopic (exact) mass is 545 g/mol. The molecule has 1 fully saturated rings. The average Bonchev–Trinajstić information content (AvgIpc) is 2.76. The van der Waals surface area contributed by atoms with Crippen LogP contribution in [0.2, 0.25) is 0 Å². The van der Waals surface area contributed by atoms with Crippen molar-refractivity contribution >= 4 is 29.9 Å². The predicted molar refractivity (Wildman–Crippen MR) is 129 cm³/mol. The van der Waals surface area contributed by atoms with Gasteiger partial charge in [0.25, 0.3) is 0 Å². The molecular weight excluding hydrogens is 515 g/mol. The Hall–Kier alpha value is -1.78. The Bertz CT molecular complexity index is 860. The number of rotatable bonds is 7. The zero-order valence-electron chi connectivity index (χ0n) is 17.9. The minimum absolute atomic E-state index is 0. The fourth-order valence-electron chi connectivity index (χ4n) is 3.40. The molecule has 0 aliphatic carbocycles. The molecule has 0 saturated carbocycles. The summed E-state index contributed by atoms with van der Waals surface area (Å²) in [5, 5.41) is 6.37. The van der Waals surface area contributed by atoms with Crippen LogP contribution in [0, 0.1) is 11.6 Å². The summed E-state index contributed by atoms with van der Waals surface area (Å²) in [4.78, 5) is 4.20. The van der Waals surface area contributed by atoms with Crippen LogP contribution in [0.1, 0.15) is 42.5 Å². The van der Waals surface area contributed by atoms with Gasteiger partial charge in [-0.05, 0) is 37.0 Å². The van der Waals surface area contributed by atoms with E-state index in [2.05, 4.69) is 27.8 Å². The van der Waals surface area contributed by atoms with Gasteiger partial charge in [0.2, 0.25) is 0 Å². The molecular formula is C23H30F2IN3O2. The van der Waals surface area contributed by atoms with Crippen molar-refractivity contribution in [2.24, 2.45) is 4.99 Å². The maximum absolute atomic E-state index is 14.0. The van der Waals surface area contributed by atoms with Gasteiger partial charge in [-0.25, -0.2) is 8.78 Å². The normalized spacial score (nSPS) is 15.8. The van der Waals surface area contributed by atoms with E-state index in [1.165, 1.54) is 12.1 Å². The van der Waals surface area contributed by atoms with E-state index in [0.717, 1.165) is 43.2 Å². The van der Waals surface area contributed by atoms with Gasteiger partial charge in [0.1, 0.15) is 11.6 Å². The topological polar surface area (TPSA) is 54.9 Å². The van der Waals surface area contributed by atoms with Crippen molar-refractivity contribution in [1.29, 1.82) is 0 Å². The first-order valence-corrected chi connectivity index (χ1v) is 10.2. The molecule has 0 aromatic heterocycles. The summed E-state index contributed by atoms with van der Waals surface area (Å²) in [6.07, 6.45) is 2.14. The Morgan fingerprint density at radius 1 is 1.16 bits per heavy atom. The summed E-state index contributed by atoms with van der Waals surface area (Å²) in [6, 6.07) is 11.4. The van der Waals surface area contributed by atoms with Crippen molar-refractivity contribution in [1.82, 2.24) is 10.6 Å². The maximum Gasteiger partial charge on any atom is 0.191 e. The fraction of sp³-hybridized carbons (Fsp3) is 0.435. The summed E-state index contributed by atoms with van der Waals surface area (Å²) in [7, 11) is 1.65. The number of benzene rings is 2. The molecule has 1 aliphatic heterocycles. The number of ether oxygens (including phenoxy) is 2. The molecule has 0 radical (unpaired) electrons. The van der Waals surface area contributed by atoms with Crippen LogP contribution in [-0.2, 0) is 22.6 Å². The molecule has 5 nitrogen and oxygen atoms in total. The van der Waals surface area contributed by atoms with E-state index in [1.54, 1.807) is 14.0 Å².